The lowest BCUT2D eigenvalue weighted by Gasteiger charge is -2.29. The molecule has 108 valence electrons. The number of benzene rings is 1. The molecule has 0 spiro atoms. The minimum Gasteiger partial charge on any atom is -0.383 e. The smallest absolute Gasteiger partial charge is 0.123 e. The third kappa shape index (κ3) is 3.85. The molecule has 2 rings (SSSR count). The Balaban J connectivity index is 2.15. The second kappa shape index (κ2) is 6.92. The lowest BCUT2D eigenvalue weighted by atomic mass is 9.93. The van der Waals surface area contributed by atoms with Crippen LogP contribution >= 0.6 is 11.3 Å². The Morgan fingerprint density at radius 2 is 2.10 bits per heavy atom. The van der Waals surface area contributed by atoms with Crippen LogP contribution < -0.4 is 5.32 Å². The fourth-order valence-electron chi connectivity index (χ4n) is 2.15. The summed E-state index contributed by atoms with van der Waals surface area (Å²) in [4.78, 5) is 4.42. The highest BCUT2D eigenvalue weighted by Gasteiger charge is 2.28. The van der Waals surface area contributed by atoms with E-state index >= 15 is 0 Å². The van der Waals surface area contributed by atoms with Crippen molar-refractivity contribution in [3.8, 4) is 0 Å². The molecule has 1 unspecified atom stereocenters. The van der Waals surface area contributed by atoms with E-state index < -0.39 is 0 Å². The molecule has 3 nitrogen and oxygen atoms in total. The second-order valence-electron chi connectivity index (χ2n) is 4.89. The van der Waals surface area contributed by atoms with Gasteiger partial charge in [-0.15, -0.1) is 11.3 Å². The largest absolute Gasteiger partial charge is 0.383 e. The summed E-state index contributed by atoms with van der Waals surface area (Å²) in [5.41, 5.74) is 0.805. The summed E-state index contributed by atoms with van der Waals surface area (Å²) >= 11 is 1.62. The zero-order chi connectivity index (χ0) is 14.4. The highest BCUT2D eigenvalue weighted by Crippen LogP contribution is 2.27. The zero-order valence-corrected chi connectivity index (χ0v) is 12.5. The molecular weight excluding hydrogens is 275 g/mol. The van der Waals surface area contributed by atoms with Crippen molar-refractivity contribution in [3.05, 3.63) is 52.2 Å². The Hall–Kier alpha value is -1.30. The first-order valence-corrected chi connectivity index (χ1v) is 7.40. The van der Waals surface area contributed by atoms with Gasteiger partial charge in [-0.3, -0.25) is 0 Å². The normalized spacial score (nSPS) is 14.2. The molecule has 1 aromatic carbocycles. The molecule has 5 heteroatoms. The number of nitrogens with zero attached hydrogens (tertiary/aromatic N) is 1. The molecule has 0 bridgehead atoms. The Bertz CT molecular complexity index is 515. The molecule has 0 aliphatic heterocycles. The Kier molecular flexibility index (Phi) is 5.23. The number of halogens is 1. The minimum absolute atomic E-state index is 0.211. The Labute approximate surface area is 122 Å². The number of hydrogen-bond acceptors (Lipinski definition) is 4. The number of thiazole rings is 1. The fourth-order valence-corrected chi connectivity index (χ4v) is 2.93. The predicted molar refractivity (Wildman–Crippen MR) is 79.4 cm³/mol. The van der Waals surface area contributed by atoms with Crippen molar-refractivity contribution in [3.63, 3.8) is 0 Å². The Morgan fingerprint density at radius 3 is 2.70 bits per heavy atom. The van der Waals surface area contributed by atoms with E-state index in [1.54, 1.807) is 24.6 Å². The maximum Gasteiger partial charge on any atom is 0.123 e. The van der Waals surface area contributed by atoms with Gasteiger partial charge in [0.15, 0.2) is 0 Å². The highest BCUT2D eigenvalue weighted by atomic mass is 32.1. The van der Waals surface area contributed by atoms with Crippen LogP contribution in [-0.2, 0) is 16.7 Å². The summed E-state index contributed by atoms with van der Waals surface area (Å²) in [5, 5.41) is 6.49. The lowest BCUT2D eigenvalue weighted by molar-refractivity contribution is 0.185. The van der Waals surface area contributed by atoms with E-state index in [1.807, 2.05) is 17.5 Å². The average molecular weight is 294 g/mol. The molecule has 1 aromatic heterocycles. The molecule has 0 aliphatic carbocycles. The number of rotatable bonds is 7. The second-order valence-corrected chi connectivity index (χ2v) is 5.79. The first-order valence-electron chi connectivity index (χ1n) is 6.52. The molecule has 1 heterocycles. The predicted octanol–water partition coefficient (Wildman–Crippen LogP) is 2.98. The maximum atomic E-state index is 13.0. The van der Waals surface area contributed by atoms with E-state index in [2.05, 4.69) is 17.2 Å². The topological polar surface area (TPSA) is 34.1 Å². The van der Waals surface area contributed by atoms with E-state index in [-0.39, 0.29) is 11.4 Å². The zero-order valence-electron chi connectivity index (χ0n) is 11.7. The molecule has 0 amide bonds. The molecule has 0 saturated heterocycles. The minimum atomic E-state index is -0.273. The first-order chi connectivity index (χ1) is 9.64. The number of nitrogens with one attached hydrogen (secondary N) is 1. The standard InChI is InChI=1S/C15H19FN2OS/c1-15(18-7-9-19-2,14-17-8-10-20-14)11-12-3-5-13(16)6-4-12/h3-6,8,10,18H,7,9,11H2,1-2H3. The monoisotopic (exact) mass is 294 g/mol. The SMILES string of the molecule is COCCNC(C)(Cc1ccc(F)cc1)c1nccs1. The molecule has 20 heavy (non-hydrogen) atoms. The summed E-state index contributed by atoms with van der Waals surface area (Å²) in [7, 11) is 1.68. The molecular formula is C15H19FN2OS. The Morgan fingerprint density at radius 1 is 1.35 bits per heavy atom. The van der Waals surface area contributed by atoms with Crippen molar-refractivity contribution in [2.45, 2.75) is 18.9 Å². The first kappa shape index (κ1) is 15.1. The van der Waals surface area contributed by atoms with Crippen molar-refractivity contribution in [2.24, 2.45) is 0 Å². The summed E-state index contributed by atoms with van der Waals surface area (Å²) in [6.07, 6.45) is 2.56. The number of ether oxygens (including phenoxy) is 1. The third-order valence-corrected chi connectivity index (χ3v) is 4.23. The summed E-state index contributed by atoms with van der Waals surface area (Å²) in [6.45, 7) is 3.50. The molecule has 1 atom stereocenters. The van der Waals surface area contributed by atoms with Crippen molar-refractivity contribution in [1.29, 1.82) is 0 Å². The van der Waals surface area contributed by atoms with Crippen LogP contribution in [-0.4, -0.2) is 25.2 Å². The fraction of sp³-hybridized carbons (Fsp3) is 0.400. The maximum absolute atomic E-state index is 13.0. The molecule has 0 radical (unpaired) electrons. The summed E-state index contributed by atoms with van der Waals surface area (Å²) in [5.74, 6) is -0.211. The van der Waals surface area contributed by atoms with Gasteiger partial charge in [-0.1, -0.05) is 12.1 Å². The van der Waals surface area contributed by atoms with Gasteiger partial charge in [0.05, 0.1) is 12.1 Å². The van der Waals surface area contributed by atoms with Crippen LogP contribution in [0.25, 0.3) is 0 Å². The van der Waals surface area contributed by atoms with Crippen LogP contribution in [0, 0.1) is 5.82 Å². The van der Waals surface area contributed by atoms with Gasteiger partial charge >= 0.3 is 0 Å². The van der Waals surface area contributed by atoms with Crippen LogP contribution in [0.5, 0.6) is 0 Å². The van der Waals surface area contributed by atoms with Gasteiger partial charge < -0.3 is 10.1 Å². The van der Waals surface area contributed by atoms with Gasteiger partial charge in [-0.25, -0.2) is 9.37 Å². The van der Waals surface area contributed by atoms with E-state index in [0.717, 1.165) is 23.5 Å². The third-order valence-electron chi connectivity index (χ3n) is 3.20. The van der Waals surface area contributed by atoms with Crippen LogP contribution in [0.15, 0.2) is 35.8 Å². The molecule has 0 fully saturated rings. The summed E-state index contributed by atoms with van der Waals surface area (Å²) < 4.78 is 18.1. The van der Waals surface area contributed by atoms with Crippen LogP contribution in [0.3, 0.4) is 0 Å². The van der Waals surface area contributed by atoms with Crippen LogP contribution in [0.2, 0.25) is 0 Å². The van der Waals surface area contributed by atoms with Gasteiger partial charge in [-0.2, -0.15) is 0 Å². The average Bonchev–Trinajstić information content (AvgIpc) is 2.97. The van der Waals surface area contributed by atoms with Crippen molar-refractivity contribution < 1.29 is 9.13 Å². The van der Waals surface area contributed by atoms with E-state index in [1.165, 1.54) is 12.1 Å². The molecule has 0 saturated carbocycles. The molecule has 0 aliphatic rings. The lowest BCUT2D eigenvalue weighted by Crippen LogP contribution is -2.43. The highest BCUT2D eigenvalue weighted by molar-refractivity contribution is 7.09. The van der Waals surface area contributed by atoms with Gasteiger partial charge in [0, 0.05) is 25.2 Å². The van der Waals surface area contributed by atoms with E-state index in [9.17, 15) is 4.39 Å². The van der Waals surface area contributed by atoms with Crippen LogP contribution in [0.4, 0.5) is 4.39 Å². The van der Waals surface area contributed by atoms with Gasteiger partial charge in [-0.05, 0) is 31.0 Å². The number of hydrogen-bond donors (Lipinski definition) is 1. The van der Waals surface area contributed by atoms with Crippen molar-refractivity contribution >= 4 is 11.3 Å². The molecule has 1 N–H and O–H groups in total. The van der Waals surface area contributed by atoms with Crippen molar-refractivity contribution in [2.75, 3.05) is 20.3 Å². The number of aromatic nitrogens is 1. The summed E-state index contributed by atoms with van der Waals surface area (Å²) in [6, 6.07) is 6.62. The number of methoxy groups -OCH3 is 1. The van der Waals surface area contributed by atoms with Gasteiger partial charge in [0.25, 0.3) is 0 Å². The van der Waals surface area contributed by atoms with Gasteiger partial charge in [0.1, 0.15) is 10.8 Å². The van der Waals surface area contributed by atoms with Gasteiger partial charge in [0.2, 0.25) is 0 Å². The van der Waals surface area contributed by atoms with E-state index in [4.69, 9.17) is 4.74 Å². The van der Waals surface area contributed by atoms with E-state index in [0.29, 0.717) is 6.61 Å². The quantitative estimate of drug-likeness (QED) is 0.797. The van der Waals surface area contributed by atoms with Crippen LogP contribution in [0.1, 0.15) is 17.5 Å². The van der Waals surface area contributed by atoms with Crippen molar-refractivity contribution in [1.82, 2.24) is 10.3 Å². The molecule has 2 aromatic rings.